The van der Waals surface area contributed by atoms with Crippen LogP contribution in [0.3, 0.4) is 0 Å². The molecule has 1 aromatic carbocycles. The van der Waals surface area contributed by atoms with E-state index in [1.165, 1.54) is 7.11 Å². The molecule has 2 atom stereocenters. The lowest BCUT2D eigenvalue weighted by molar-refractivity contribution is -0.150. The van der Waals surface area contributed by atoms with E-state index in [0.717, 1.165) is 22.7 Å². The minimum atomic E-state index is -1.19. The van der Waals surface area contributed by atoms with Crippen molar-refractivity contribution in [2.24, 2.45) is 5.92 Å². The zero-order chi connectivity index (χ0) is 20.7. The fourth-order valence-electron chi connectivity index (χ4n) is 2.83. The predicted octanol–water partition coefficient (Wildman–Crippen LogP) is 2.45. The van der Waals surface area contributed by atoms with Crippen molar-refractivity contribution in [1.29, 1.82) is 5.26 Å². The van der Waals surface area contributed by atoms with Crippen LogP contribution in [0, 0.1) is 17.2 Å². The van der Waals surface area contributed by atoms with Crippen molar-refractivity contribution >= 4 is 45.5 Å². The van der Waals surface area contributed by atoms with Crippen LogP contribution in [-0.2, 0) is 19.1 Å². The molecular weight excluding hydrogens is 446 g/mol. The van der Waals surface area contributed by atoms with Crippen LogP contribution in [0.2, 0.25) is 0 Å². The Morgan fingerprint density at radius 1 is 1.43 bits per heavy atom. The number of ether oxygens (including phenoxy) is 1. The van der Waals surface area contributed by atoms with Crippen molar-refractivity contribution in [3.05, 3.63) is 44.9 Å². The van der Waals surface area contributed by atoms with Gasteiger partial charge in [0.15, 0.2) is 0 Å². The monoisotopic (exact) mass is 465 g/mol. The highest BCUT2D eigenvalue weighted by Gasteiger charge is 2.44. The second-order valence-corrected chi connectivity index (χ2v) is 7.92. The molecule has 0 radical (unpaired) electrons. The highest BCUT2D eigenvalue weighted by Crippen LogP contribution is 2.40. The number of nitrogens with zero attached hydrogens (tertiary/aromatic N) is 1. The number of hydrogen-bond donors (Lipinski definition) is 2. The molecule has 148 valence electrons. The van der Waals surface area contributed by atoms with Crippen LogP contribution in [0.25, 0.3) is 0 Å². The van der Waals surface area contributed by atoms with E-state index < -0.39 is 23.7 Å². The maximum atomic E-state index is 12.7. The number of carbonyl (C=O) groups excluding carboxylic acids is 3. The smallest absolute Gasteiger partial charge is 0.319 e. The Morgan fingerprint density at radius 2 is 2.18 bits per heavy atom. The van der Waals surface area contributed by atoms with Crippen LogP contribution < -0.4 is 10.6 Å². The number of carbonyl (C=O) groups is 3. The van der Waals surface area contributed by atoms with E-state index >= 15 is 0 Å². The number of nitriles is 1. The molecule has 0 spiro atoms. The molecule has 0 bridgehead atoms. The number of benzene rings is 1. The van der Waals surface area contributed by atoms with Crippen LogP contribution in [-0.4, -0.2) is 37.2 Å². The van der Waals surface area contributed by atoms with Gasteiger partial charge >= 0.3 is 5.97 Å². The van der Waals surface area contributed by atoms with Crippen LogP contribution in [0.5, 0.6) is 0 Å². The van der Waals surface area contributed by atoms with Gasteiger partial charge in [0, 0.05) is 16.9 Å². The SMILES string of the molecule is CCCNC(=O)CSC1=C(C#N)[C@@H](c2cccc(Br)c2)[C@H](C(=O)OC)C(=O)N1. The topological polar surface area (TPSA) is 108 Å². The van der Waals surface area contributed by atoms with Gasteiger partial charge in [0.25, 0.3) is 0 Å². The summed E-state index contributed by atoms with van der Waals surface area (Å²) >= 11 is 4.44. The third-order valence-corrected chi connectivity index (χ3v) is 5.62. The molecule has 2 N–H and O–H groups in total. The fourth-order valence-corrected chi connectivity index (χ4v) is 4.13. The average molecular weight is 466 g/mol. The van der Waals surface area contributed by atoms with Gasteiger partial charge in [-0.1, -0.05) is 46.7 Å². The summed E-state index contributed by atoms with van der Waals surface area (Å²) in [7, 11) is 1.20. The number of halogens is 1. The standard InChI is InChI=1S/C19H20BrN3O4S/c1-3-7-22-14(24)10-28-18-13(9-21)15(11-5-4-6-12(20)8-11)16(17(25)23-18)19(26)27-2/h4-6,8,15-16H,3,7,10H2,1-2H3,(H,22,24)(H,23,25)/t15-,16+/m1/s1. The molecule has 7 nitrogen and oxygen atoms in total. The lowest BCUT2D eigenvalue weighted by atomic mass is 9.78. The van der Waals surface area contributed by atoms with Gasteiger partial charge in [-0.25, -0.2) is 0 Å². The number of thioether (sulfide) groups is 1. The molecule has 0 fully saturated rings. The van der Waals surface area contributed by atoms with Crippen molar-refractivity contribution in [3.8, 4) is 6.07 Å². The highest BCUT2D eigenvalue weighted by molar-refractivity contribution is 9.10. The molecule has 2 amide bonds. The van der Waals surface area contributed by atoms with E-state index in [-0.39, 0.29) is 22.3 Å². The predicted molar refractivity (Wildman–Crippen MR) is 109 cm³/mol. The normalized spacial score (nSPS) is 18.9. The van der Waals surface area contributed by atoms with E-state index in [2.05, 4.69) is 32.6 Å². The van der Waals surface area contributed by atoms with Gasteiger partial charge in [-0.3, -0.25) is 14.4 Å². The fraction of sp³-hybridized carbons (Fsp3) is 0.368. The molecule has 9 heteroatoms. The summed E-state index contributed by atoms with van der Waals surface area (Å²) in [6.45, 7) is 2.50. The van der Waals surface area contributed by atoms with Crippen LogP contribution in [0.15, 0.2) is 39.3 Å². The Balaban J connectivity index is 2.43. The van der Waals surface area contributed by atoms with Crippen molar-refractivity contribution in [3.63, 3.8) is 0 Å². The molecule has 1 aromatic rings. The minimum absolute atomic E-state index is 0.0505. The Hall–Kier alpha value is -2.31. The first-order valence-corrected chi connectivity index (χ1v) is 10.4. The number of amides is 2. The number of nitrogens with one attached hydrogen (secondary N) is 2. The summed E-state index contributed by atoms with van der Waals surface area (Å²) in [5.74, 6) is -3.42. The van der Waals surface area contributed by atoms with Gasteiger partial charge in [-0.15, -0.1) is 0 Å². The molecule has 1 aliphatic rings. The Morgan fingerprint density at radius 3 is 2.79 bits per heavy atom. The molecule has 2 rings (SSSR count). The summed E-state index contributed by atoms with van der Waals surface area (Å²) in [6.07, 6.45) is 0.811. The number of esters is 1. The van der Waals surface area contributed by atoms with Crippen molar-refractivity contribution < 1.29 is 19.1 Å². The first-order chi connectivity index (χ1) is 13.4. The number of methoxy groups -OCH3 is 1. The van der Waals surface area contributed by atoms with Gasteiger partial charge < -0.3 is 15.4 Å². The first kappa shape index (κ1) is 22.0. The van der Waals surface area contributed by atoms with Gasteiger partial charge in [0.05, 0.1) is 29.5 Å². The van der Waals surface area contributed by atoms with E-state index in [1.807, 2.05) is 13.0 Å². The summed E-state index contributed by atoms with van der Waals surface area (Å²) in [5.41, 5.74) is 0.853. The second kappa shape index (κ2) is 10.3. The first-order valence-electron chi connectivity index (χ1n) is 8.60. The van der Waals surface area contributed by atoms with E-state index in [0.29, 0.717) is 12.1 Å². The summed E-state index contributed by atoms with van der Waals surface area (Å²) in [4.78, 5) is 36.9. The summed E-state index contributed by atoms with van der Waals surface area (Å²) in [5, 5.41) is 15.4. The molecule has 0 saturated carbocycles. The van der Waals surface area contributed by atoms with Gasteiger partial charge in [0.1, 0.15) is 5.92 Å². The zero-order valence-corrected chi connectivity index (χ0v) is 17.9. The van der Waals surface area contributed by atoms with E-state index in [1.54, 1.807) is 18.2 Å². The third-order valence-electron chi connectivity index (χ3n) is 4.11. The second-order valence-electron chi connectivity index (χ2n) is 6.02. The Labute approximate surface area is 176 Å². The lowest BCUT2D eigenvalue weighted by Crippen LogP contribution is -2.44. The number of allylic oxidation sites excluding steroid dienone is 1. The van der Waals surface area contributed by atoms with Crippen molar-refractivity contribution in [1.82, 2.24) is 10.6 Å². The molecular formula is C19H20BrN3O4S. The molecule has 28 heavy (non-hydrogen) atoms. The minimum Gasteiger partial charge on any atom is -0.468 e. The molecule has 0 aliphatic carbocycles. The molecule has 1 aliphatic heterocycles. The Kier molecular flexibility index (Phi) is 8.08. The molecule has 0 unspecified atom stereocenters. The third kappa shape index (κ3) is 5.14. The lowest BCUT2D eigenvalue weighted by Gasteiger charge is -2.31. The number of rotatable bonds is 7. The van der Waals surface area contributed by atoms with E-state index in [9.17, 15) is 19.6 Å². The molecule has 1 heterocycles. The Bertz CT molecular complexity index is 850. The quantitative estimate of drug-likeness (QED) is 0.472. The van der Waals surface area contributed by atoms with Gasteiger partial charge in [-0.2, -0.15) is 5.26 Å². The molecule has 0 aromatic heterocycles. The maximum Gasteiger partial charge on any atom is 0.319 e. The summed E-state index contributed by atoms with van der Waals surface area (Å²) in [6, 6.07) is 9.18. The zero-order valence-electron chi connectivity index (χ0n) is 15.5. The number of hydrogen-bond acceptors (Lipinski definition) is 6. The highest BCUT2D eigenvalue weighted by atomic mass is 79.9. The molecule has 0 saturated heterocycles. The maximum absolute atomic E-state index is 12.7. The van der Waals surface area contributed by atoms with Gasteiger partial charge in [0.2, 0.25) is 11.8 Å². The van der Waals surface area contributed by atoms with Crippen molar-refractivity contribution in [2.45, 2.75) is 19.3 Å². The van der Waals surface area contributed by atoms with Crippen molar-refractivity contribution in [2.75, 3.05) is 19.4 Å². The summed E-state index contributed by atoms with van der Waals surface area (Å²) < 4.78 is 5.55. The van der Waals surface area contributed by atoms with E-state index in [4.69, 9.17) is 4.74 Å². The van der Waals surface area contributed by atoms with Crippen LogP contribution >= 0.6 is 27.7 Å². The van der Waals surface area contributed by atoms with Gasteiger partial charge in [-0.05, 0) is 24.1 Å². The largest absolute Gasteiger partial charge is 0.468 e. The average Bonchev–Trinajstić information content (AvgIpc) is 2.69. The van der Waals surface area contributed by atoms with Crippen LogP contribution in [0.1, 0.15) is 24.8 Å². The van der Waals surface area contributed by atoms with Crippen LogP contribution in [0.4, 0.5) is 0 Å².